The molecule has 0 aliphatic heterocycles. The van der Waals surface area contributed by atoms with Crippen molar-refractivity contribution in [3.05, 3.63) is 141 Å². The van der Waals surface area contributed by atoms with Crippen LogP contribution in [0.5, 0.6) is 0 Å². The molecule has 0 unspecified atom stereocenters. The number of hydrogen-bond acceptors (Lipinski definition) is 6. The second-order valence-electron chi connectivity index (χ2n) is 11.8. The Morgan fingerprint density at radius 2 is 0.583 bits per heavy atom. The molecule has 0 saturated carbocycles. The van der Waals surface area contributed by atoms with Gasteiger partial charge in [0.05, 0.1) is 0 Å². The Labute approximate surface area is 302 Å². The smallest absolute Gasteiger partial charge is 0.0369 e. The van der Waals surface area contributed by atoms with E-state index < -0.39 is 0 Å². The van der Waals surface area contributed by atoms with E-state index >= 15 is 0 Å². The van der Waals surface area contributed by atoms with E-state index in [0.29, 0.717) is 0 Å². The third-order valence-electron chi connectivity index (χ3n) is 8.92. The fraction of sp³-hybridized carbons (Fsp3) is 0. The van der Waals surface area contributed by atoms with Crippen LogP contribution in [-0.4, -0.2) is 0 Å². The van der Waals surface area contributed by atoms with E-state index in [1.807, 2.05) is 34.0 Å². The van der Waals surface area contributed by atoms with Gasteiger partial charge < -0.3 is 0 Å². The van der Waals surface area contributed by atoms with Crippen molar-refractivity contribution in [1.29, 1.82) is 0 Å². The molecule has 6 heterocycles. The molecule has 10 rings (SSSR count). The molecular formula is C42H24S6. The molecule has 6 heteroatoms. The van der Waals surface area contributed by atoms with E-state index in [1.54, 1.807) is 34.0 Å². The number of hydrogen-bond donors (Lipinski definition) is 0. The minimum Gasteiger partial charge on any atom is -0.151 e. The van der Waals surface area contributed by atoms with Crippen molar-refractivity contribution in [2.45, 2.75) is 0 Å². The lowest BCUT2D eigenvalue weighted by atomic mass is 9.92. The van der Waals surface area contributed by atoms with Gasteiger partial charge in [-0.15, -0.1) is 34.0 Å². The van der Waals surface area contributed by atoms with Gasteiger partial charge in [0.1, 0.15) is 0 Å². The van der Waals surface area contributed by atoms with Crippen LogP contribution in [0.2, 0.25) is 0 Å². The van der Waals surface area contributed by atoms with Gasteiger partial charge in [-0.05, 0) is 120 Å². The van der Waals surface area contributed by atoms with Gasteiger partial charge in [0.25, 0.3) is 0 Å². The highest BCUT2D eigenvalue weighted by Gasteiger charge is 2.19. The molecule has 0 aliphatic carbocycles. The second-order valence-corrected chi connectivity index (χ2v) is 17.3. The number of benzene rings is 4. The van der Waals surface area contributed by atoms with Gasteiger partial charge in [0, 0.05) is 62.1 Å². The van der Waals surface area contributed by atoms with Crippen LogP contribution in [0.25, 0.3) is 95.0 Å². The van der Waals surface area contributed by atoms with Crippen LogP contribution >= 0.6 is 68.0 Å². The predicted octanol–water partition coefficient (Wildman–Crippen LogP) is 15.5. The molecule has 4 aromatic carbocycles. The molecule has 0 aliphatic rings. The maximum Gasteiger partial charge on any atom is 0.0369 e. The highest BCUT2D eigenvalue weighted by atomic mass is 32.1. The first-order valence-electron chi connectivity index (χ1n) is 15.6. The summed E-state index contributed by atoms with van der Waals surface area (Å²) >= 11 is 11.0. The lowest BCUT2D eigenvalue weighted by Gasteiger charge is -2.12. The van der Waals surface area contributed by atoms with Crippen molar-refractivity contribution in [1.82, 2.24) is 0 Å². The average Bonchev–Trinajstić information content (AvgIpc) is 3.97. The first-order chi connectivity index (χ1) is 23.7. The molecule has 0 nitrogen and oxygen atoms in total. The molecule has 0 bridgehead atoms. The summed E-state index contributed by atoms with van der Waals surface area (Å²) in [6.07, 6.45) is 0. The maximum absolute atomic E-state index is 2.42. The van der Waals surface area contributed by atoms with Crippen LogP contribution in [0.3, 0.4) is 0 Å². The topological polar surface area (TPSA) is 0 Å². The highest BCUT2D eigenvalue weighted by molar-refractivity contribution is 7.23. The first-order valence-corrected chi connectivity index (χ1v) is 20.8. The maximum atomic E-state index is 2.42. The lowest BCUT2D eigenvalue weighted by molar-refractivity contribution is 1.63. The molecule has 0 radical (unpaired) electrons. The van der Waals surface area contributed by atoms with Gasteiger partial charge in [-0.1, -0.05) is 54.6 Å². The monoisotopic (exact) mass is 720 g/mol. The number of fused-ring (bicyclic) bond motifs is 3. The Kier molecular flexibility index (Phi) is 7.07. The minimum absolute atomic E-state index is 1.26. The van der Waals surface area contributed by atoms with Gasteiger partial charge in [-0.3, -0.25) is 0 Å². The largest absolute Gasteiger partial charge is 0.151 e. The summed E-state index contributed by atoms with van der Waals surface area (Å²) < 4.78 is 3.99. The lowest BCUT2D eigenvalue weighted by Crippen LogP contribution is -1.87. The fourth-order valence-electron chi connectivity index (χ4n) is 6.57. The summed E-state index contributed by atoms with van der Waals surface area (Å²) in [6, 6.07) is 40.5. The van der Waals surface area contributed by atoms with Gasteiger partial charge >= 0.3 is 0 Å². The van der Waals surface area contributed by atoms with Crippen LogP contribution in [0.4, 0.5) is 0 Å². The molecule has 0 saturated heterocycles. The minimum atomic E-state index is 1.26. The van der Waals surface area contributed by atoms with Crippen molar-refractivity contribution in [2.24, 2.45) is 0 Å². The molecule has 0 fully saturated rings. The molecule has 48 heavy (non-hydrogen) atoms. The Morgan fingerprint density at radius 3 is 0.896 bits per heavy atom. The predicted molar refractivity (Wildman–Crippen MR) is 219 cm³/mol. The van der Waals surface area contributed by atoms with Crippen molar-refractivity contribution >= 4 is 98.3 Å². The average molecular weight is 721 g/mol. The summed E-state index contributed by atoms with van der Waals surface area (Å²) in [5.41, 5.74) is 11.6. The summed E-state index contributed by atoms with van der Waals surface area (Å²) in [6.45, 7) is 0. The second kappa shape index (κ2) is 11.8. The van der Waals surface area contributed by atoms with E-state index in [9.17, 15) is 0 Å². The molecule has 10 aromatic rings. The van der Waals surface area contributed by atoms with Crippen LogP contribution in [0.1, 0.15) is 0 Å². The normalized spacial score (nSPS) is 11.8. The Bertz CT molecular complexity index is 2340. The van der Waals surface area contributed by atoms with Crippen LogP contribution in [0, 0.1) is 0 Å². The zero-order chi connectivity index (χ0) is 31.6. The van der Waals surface area contributed by atoms with Crippen molar-refractivity contribution in [3.8, 4) is 64.7 Å². The quantitative estimate of drug-likeness (QED) is 0.160. The van der Waals surface area contributed by atoms with Crippen molar-refractivity contribution < 1.29 is 0 Å². The number of rotatable bonds is 6. The summed E-state index contributed by atoms with van der Waals surface area (Å²) in [5, 5.41) is 17.9. The standard InChI is InChI=1S/C42H24S6/c1-4-10-37-25(7-1)16-40(46-37)34-22-43-19-31(34)28-13-29(32-20-44-23-35(32)41-17-26-8-2-5-11-38(26)47-41)15-30(14-28)33-21-45-24-36(33)42-18-27-9-3-6-12-39(27)48-42/h1-24H. The molecule has 0 N–H and O–H groups in total. The van der Waals surface area contributed by atoms with Crippen LogP contribution in [-0.2, 0) is 0 Å². The van der Waals surface area contributed by atoms with Crippen molar-refractivity contribution in [3.63, 3.8) is 0 Å². The first kappa shape index (κ1) is 28.8. The summed E-state index contributed by atoms with van der Waals surface area (Å²) in [7, 11) is 0. The van der Waals surface area contributed by atoms with Crippen LogP contribution in [0.15, 0.2) is 141 Å². The Balaban J connectivity index is 1.17. The zero-order valence-electron chi connectivity index (χ0n) is 25.3. The van der Waals surface area contributed by atoms with E-state index in [-0.39, 0.29) is 0 Å². The van der Waals surface area contributed by atoms with E-state index in [0.717, 1.165) is 0 Å². The molecule has 0 atom stereocenters. The van der Waals surface area contributed by atoms with E-state index in [1.165, 1.54) is 95.0 Å². The Hall–Kier alpha value is -4.14. The van der Waals surface area contributed by atoms with Crippen molar-refractivity contribution in [2.75, 3.05) is 0 Å². The SMILES string of the molecule is c1ccc2sc(-c3cscc3-c3cc(-c4cscc4-c4cc5ccccc5s4)cc(-c4cscc4-c4cc5ccccc5s4)c3)cc2c1. The molecule has 0 spiro atoms. The number of thiophene rings is 6. The Morgan fingerprint density at radius 1 is 0.292 bits per heavy atom. The van der Waals surface area contributed by atoms with Gasteiger partial charge in [0.15, 0.2) is 0 Å². The van der Waals surface area contributed by atoms with Crippen LogP contribution < -0.4 is 0 Å². The molecular weight excluding hydrogens is 697 g/mol. The molecule has 228 valence electrons. The highest BCUT2D eigenvalue weighted by Crippen LogP contribution is 2.48. The zero-order valence-corrected chi connectivity index (χ0v) is 30.2. The third-order valence-corrected chi connectivity index (χ3v) is 14.6. The molecule has 0 amide bonds. The third kappa shape index (κ3) is 4.95. The van der Waals surface area contributed by atoms with E-state index in [4.69, 9.17) is 0 Å². The van der Waals surface area contributed by atoms with E-state index in [2.05, 4.69) is 141 Å². The fourth-order valence-corrected chi connectivity index (χ4v) is 12.6. The summed E-state index contributed by atoms with van der Waals surface area (Å²) in [4.78, 5) is 3.96. The summed E-state index contributed by atoms with van der Waals surface area (Å²) in [5.74, 6) is 0. The van der Waals surface area contributed by atoms with Gasteiger partial charge in [-0.25, -0.2) is 0 Å². The van der Waals surface area contributed by atoms with Gasteiger partial charge in [0.2, 0.25) is 0 Å². The molecule has 6 aromatic heterocycles. The van der Waals surface area contributed by atoms with Gasteiger partial charge in [-0.2, -0.15) is 34.0 Å².